The van der Waals surface area contributed by atoms with E-state index in [1.54, 1.807) is 62.3 Å². The first-order valence-electron chi connectivity index (χ1n) is 48.7. The van der Waals surface area contributed by atoms with Crippen LogP contribution in [0.3, 0.4) is 0 Å². The summed E-state index contributed by atoms with van der Waals surface area (Å²) in [6.45, 7) is 98.2. The predicted octanol–water partition coefficient (Wildman–Crippen LogP) is 11.6. The van der Waals surface area contributed by atoms with E-state index in [-0.39, 0.29) is 121 Å². The van der Waals surface area contributed by atoms with Gasteiger partial charge in [0.1, 0.15) is 46.8 Å². The highest BCUT2D eigenvalue weighted by atomic mass is 16.5. The first-order chi connectivity index (χ1) is 60.5. The lowest BCUT2D eigenvalue weighted by atomic mass is 9.95. The maximum Gasteiger partial charge on any atom is 0.322 e. The molecule has 1 unspecified atom stereocenters. The summed E-state index contributed by atoms with van der Waals surface area (Å²) < 4.78 is 9.09. The van der Waals surface area contributed by atoms with Crippen LogP contribution >= 0.6 is 0 Å². The first kappa shape index (κ1) is 150. The van der Waals surface area contributed by atoms with Crippen LogP contribution in [0.2, 0.25) is 0 Å². The molecule has 17 N–H and O–H groups in total. The number of ketones is 8. The molecule has 32 heteroatoms. The lowest BCUT2D eigenvalue weighted by Crippen LogP contribution is -2.53. The SMILES string of the molecule is CC(=O)C(C)(C)NCC(C)C.CC(=O)[C@@H](C)NCC(C)C.CC(=O)[C@@H](NCC(C)C)C(C)O.CC(=O)[C@H](C)NCC(C)C.CC(=O)[C@H](CO)NCC(C)C.CC(=O)[C@](C)(CO)NCC(C)C.CC(C)CNCC(C)C.CC(C)CNCc1nn[nH]n1.CCC(=O)[C@](C)(CO)NCC(C)C.CC[C@@H](NCC(C)C)C(C)=O.COC(=O)[C@@H](C)NCC(C)C.COC(=O)[C@H](C)NCC(C)C.[HH]. The van der Waals surface area contributed by atoms with Crippen LogP contribution in [0.25, 0.3) is 0 Å². The number of hydrogen-bond donors (Lipinski definition) is 17. The minimum atomic E-state index is -0.760. The zero-order valence-electron chi connectivity index (χ0n) is 93.1. The van der Waals surface area contributed by atoms with Gasteiger partial charge in [0.15, 0.2) is 17.4 Å². The lowest BCUT2D eigenvalue weighted by molar-refractivity contribution is -0.143. The summed E-state index contributed by atoms with van der Waals surface area (Å²) in [6.07, 6.45) is 0.741. The molecular weight excluding hydrogens is 1680 g/mol. The van der Waals surface area contributed by atoms with Gasteiger partial charge in [0.25, 0.3) is 0 Å². The third kappa shape index (κ3) is 108. The Morgan fingerprint density at radius 2 is 0.644 bits per heavy atom. The second-order valence-corrected chi connectivity index (χ2v) is 40.6. The summed E-state index contributed by atoms with van der Waals surface area (Å²) in [6, 6.07) is -1.07. The second-order valence-electron chi connectivity index (χ2n) is 40.6. The van der Waals surface area contributed by atoms with Crippen LogP contribution in [-0.4, -0.2) is 283 Å². The molecule has 0 radical (unpaired) electrons. The molecule has 0 aliphatic rings. The van der Waals surface area contributed by atoms with E-state index in [0.29, 0.717) is 83.9 Å². The van der Waals surface area contributed by atoms with Gasteiger partial charge in [-0.25, -0.2) is 0 Å². The number of nitrogens with one attached hydrogen (secondary N) is 13. The minimum Gasteiger partial charge on any atom is -0.468 e. The predicted molar refractivity (Wildman–Crippen MR) is 551 cm³/mol. The molecule has 1 rings (SSSR count). The number of carbonyl (C=O) groups excluding carboxylic acids is 10. The van der Waals surface area contributed by atoms with Crippen molar-refractivity contribution in [1.29, 1.82) is 0 Å². The van der Waals surface area contributed by atoms with Crippen molar-refractivity contribution in [2.45, 2.75) is 389 Å². The largest absolute Gasteiger partial charge is 0.468 e. The maximum atomic E-state index is 11.5. The Hall–Kier alpha value is -5.27. The van der Waals surface area contributed by atoms with Gasteiger partial charge >= 0.3 is 11.9 Å². The van der Waals surface area contributed by atoms with Crippen LogP contribution in [0.15, 0.2) is 0 Å². The number of nitrogens with zero attached hydrogens (tertiary/aromatic N) is 3. The van der Waals surface area contributed by atoms with E-state index in [0.717, 1.165) is 103 Å². The van der Waals surface area contributed by atoms with Gasteiger partial charge < -0.3 is 93.7 Å². The summed E-state index contributed by atoms with van der Waals surface area (Å²) >= 11 is 0. The number of ether oxygens (including phenoxy) is 2. The third-order valence-electron chi connectivity index (χ3n) is 18.8. The zero-order valence-corrected chi connectivity index (χ0v) is 93.1. The van der Waals surface area contributed by atoms with Crippen molar-refractivity contribution in [1.82, 2.24) is 84.4 Å². The molecule has 0 saturated heterocycles. The molecule has 0 fully saturated rings. The topological polar surface area (TPSA) is 469 Å². The molecule has 0 saturated carbocycles. The highest BCUT2D eigenvalue weighted by Gasteiger charge is 2.31. The molecule has 0 aliphatic carbocycles. The Balaban J connectivity index is -0.000000120. The van der Waals surface area contributed by atoms with E-state index in [1.165, 1.54) is 35.0 Å². The van der Waals surface area contributed by atoms with Gasteiger partial charge in [0.2, 0.25) is 0 Å². The van der Waals surface area contributed by atoms with Gasteiger partial charge in [0, 0.05) is 7.85 Å². The molecule has 1 aromatic heterocycles. The van der Waals surface area contributed by atoms with Gasteiger partial charge in [-0.15, -0.1) is 10.2 Å². The Bertz CT molecular complexity index is 2830. The van der Waals surface area contributed by atoms with Crippen molar-refractivity contribution >= 4 is 58.2 Å². The number of methoxy groups -OCH3 is 2. The van der Waals surface area contributed by atoms with Gasteiger partial charge in [-0.1, -0.05) is 199 Å². The fraction of sp³-hybridized carbons (Fsp3) is 0.890. The van der Waals surface area contributed by atoms with Crippen molar-refractivity contribution in [2.24, 2.45) is 76.9 Å². The molecule has 1 heterocycles. The number of esters is 2. The number of aliphatic hydroxyl groups is 4. The normalized spacial score (nSPS) is 13.7. The van der Waals surface area contributed by atoms with Crippen LogP contribution in [0.5, 0.6) is 0 Å². The van der Waals surface area contributed by atoms with E-state index in [9.17, 15) is 53.1 Å². The fourth-order valence-electron chi connectivity index (χ4n) is 8.90. The molecule has 0 aliphatic heterocycles. The van der Waals surface area contributed by atoms with Gasteiger partial charge in [0.05, 0.1) is 93.5 Å². The second kappa shape index (κ2) is 92.1. The highest BCUT2D eigenvalue weighted by Crippen LogP contribution is 2.10. The summed E-state index contributed by atoms with van der Waals surface area (Å²) in [5.74, 6) is 8.91. The number of Topliss-reactive ketones (excluding diaryl/α,β-unsaturated/α-hetero) is 8. The number of hydrogen-bond acceptors (Lipinski definition) is 31. The van der Waals surface area contributed by atoms with Crippen molar-refractivity contribution in [3.05, 3.63) is 5.82 Å². The van der Waals surface area contributed by atoms with Crippen molar-refractivity contribution in [2.75, 3.05) is 119 Å². The number of H-pyrrole nitrogens is 1. The average Bonchev–Trinajstić information content (AvgIpc) is 0.957. The molecule has 0 aromatic carbocycles. The van der Waals surface area contributed by atoms with E-state index in [2.05, 4.69) is 274 Å². The molecule has 0 bridgehead atoms. The Morgan fingerprint density at radius 3 is 0.879 bits per heavy atom. The van der Waals surface area contributed by atoms with Crippen LogP contribution in [0.4, 0.5) is 0 Å². The smallest absolute Gasteiger partial charge is 0.322 e. The molecule has 0 amide bonds. The van der Waals surface area contributed by atoms with E-state index < -0.39 is 23.2 Å². The monoisotopic (exact) mass is 1900 g/mol. The lowest BCUT2D eigenvalue weighted by Gasteiger charge is -2.27. The molecule has 32 nitrogen and oxygen atoms in total. The summed E-state index contributed by atoms with van der Waals surface area (Å²) in [5.41, 5.74) is -1.87. The first-order valence-corrected chi connectivity index (χ1v) is 48.7. The van der Waals surface area contributed by atoms with Crippen LogP contribution in [0.1, 0.15) is 325 Å². The number of aromatic amines is 1. The van der Waals surface area contributed by atoms with Crippen molar-refractivity contribution in [3.63, 3.8) is 0 Å². The van der Waals surface area contributed by atoms with Crippen molar-refractivity contribution in [3.8, 4) is 0 Å². The van der Waals surface area contributed by atoms with Crippen LogP contribution in [0, 0.1) is 76.9 Å². The minimum absolute atomic E-state index is 0. The van der Waals surface area contributed by atoms with Crippen molar-refractivity contribution < 1.29 is 79.3 Å². The Morgan fingerprint density at radius 1 is 0.356 bits per heavy atom. The Kier molecular flexibility index (Phi) is 104. The highest BCUT2D eigenvalue weighted by molar-refractivity contribution is 5.88. The summed E-state index contributed by atoms with van der Waals surface area (Å²) in [4.78, 5) is 109. The number of rotatable bonds is 54. The summed E-state index contributed by atoms with van der Waals surface area (Å²) in [5, 5.41) is 87.0. The molecule has 0 spiro atoms. The standard InChI is InChI=1S/C10H21NO2.2C9H19NO2.2C9H19NO.3C8H17NO2.2C8H17NO.C8H19N.C6H13N5.H2/c1-5-9(13)10(4,7-12)11-6-8(2)3;1-7(2)5-10-9(4,6-11)8(3)12;1-6(2)5-10-9(7(3)11)8(4)12;1-7(2)6-10-9(4,5)8(3)11;1-5-9(8(4)11)10-6-7(2)3;2*1-6(2)5-9-7(3)8(10)11-4;1-6(2)4-9-8(5-10)7(3)11;2*1-6(2)5-9-7(3)8(4)10;1-7(2)5-9-6-8(3)4;1-5(2)3-7-4-6-8-10-11-9-6;/h8,11-12H,5-7H2,1-4H3;7,10-11H,5-6H2,1-4H3;6-7,9-11H,5H2,1-4H3;7,10H,6H2,1-5H3;7,9-10H,5-6H2,1-4H3;2*6-7,9H,5H2,1-4H3;6,8-10H,4-5H2,1-3H3;2*6-7,9H,5H2,1-4H3;7-9H,5-6H2,1-4H3;5,7H,3-4H2,1-2H3,(H,8,9,10,11);1H/t10-;9-;7?,9-;;9-;2*7-;8-;2*7-;;;/m000.110010.../s1. The molecule has 132 heavy (non-hydrogen) atoms. The molecule has 1 aromatic rings. The quantitative estimate of drug-likeness (QED) is 0.0269. The Labute approximate surface area is 809 Å². The van der Waals surface area contributed by atoms with Gasteiger partial charge in [-0.05, 0) is 279 Å². The van der Waals surface area contributed by atoms with E-state index in [1.807, 2.05) is 41.5 Å². The summed E-state index contributed by atoms with van der Waals surface area (Å²) in [7, 11) is 2.80. The number of tetrazole rings is 1. The van der Waals surface area contributed by atoms with Gasteiger partial charge in [-0.2, -0.15) is 5.21 Å². The molecule has 792 valence electrons. The number of carbonyl (C=O) groups is 10. The third-order valence-corrected chi connectivity index (χ3v) is 18.8. The van der Waals surface area contributed by atoms with Gasteiger partial charge in [-0.3, -0.25) is 47.9 Å². The number of aliphatic hydroxyl groups excluding tert-OH is 4. The zero-order chi connectivity index (χ0) is 106. The van der Waals surface area contributed by atoms with E-state index >= 15 is 0 Å². The average molecular weight is 1900 g/mol. The van der Waals surface area contributed by atoms with Crippen LogP contribution in [-0.2, 0) is 64.0 Å². The van der Waals surface area contributed by atoms with Crippen LogP contribution < -0.4 is 63.8 Å². The molecular formula is C100H216N16O16. The maximum absolute atomic E-state index is 11.5. The molecule has 10 atom stereocenters. The fourth-order valence-corrected chi connectivity index (χ4v) is 8.90. The van der Waals surface area contributed by atoms with E-state index in [4.69, 9.17) is 15.3 Å². The number of aromatic nitrogens is 4.